The Morgan fingerprint density at radius 3 is 2.88 bits per heavy atom. The number of carbonyl (C=O) groups is 1. The monoisotopic (exact) mass is 333 g/mol. The molecule has 0 spiro atoms. The minimum atomic E-state index is -0.145. The van der Waals surface area contributed by atoms with Gasteiger partial charge >= 0.3 is 5.97 Å². The Balaban J connectivity index is 2.03. The van der Waals surface area contributed by atoms with Crippen LogP contribution in [-0.4, -0.2) is 36.1 Å². The number of halogens is 1. The van der Waals surface area contributed by atoms with Crippen LogP contribution in [0.3, 0.4) is 0 Å². The third kappa shape index (κ3) is 2.42. The molecule has 0 aromatic carbocycles. The molecule has 1 fully saturated rings. The van der Waals surface area contributed by atoms with Crippen LogP contribution in [-0.2, 0) is 9.53 Å². The van der Waals surface area contributed by atoms with E-state index in [0.717, 1.165) is 16.5 Å². The van der Waals surface area contributed by atoms with Crippen molar-refractivity contribution in [2.24, 2.45) is 5.92 Å². The molecule has 86 valence electrons. The highest BCUT2D eigenvalue weighted by Gasteiger charge is 2.30. The molecule has 1 atom stereocenters. The first-order valence-corrected chi connectivity index (χ1v) is 6.09. The fourth-order valence-corrected chi connectivity index (χ4v) is 2.05. The van der Waals surface area contributed by atoms with E-state index in [1.54, 1.807) is 12.4 Å². The third-order valence-corrected chi connectivity index (χ3v) is 3.17. The normalized spacial score (nSPS) is 19.9. The number of carbonyl (C=O) groups excluding carboxylic acids is 1. The van der Waals surface area contributed by atoms with Crippen LogP contribution in [0.5, 0.6) is 0 Å². The van der Waals surface area contributed by atoms with E-state index in [4.69, 9.17) is 4.74 Å². The molecule has 1 aromatic heterocycles. The summed E-state index contributed by atoms with van der Waals surface area (Å²) in [6, 6.07) is 0. The Morgan fingerprint density at radius 1 is 1.56 bits per heavy atom. The summed E-state index contributed by atoms with van der Waals surface area (Å²) in [6.45, 7) is 1.45. The first-order chi connectivity index (χ1) is 7.70. The Hall–Kier alpha value is -0.920. The van der Waals surface area contributed by atoms with E-state index >= 15 is 0 Å². The van der Waals surface area contributed by atoms with Crippen molar-refractivity contribution in [1.29, 1.82) is 0 Å². The van der Waals surface area contributed by atoms with E-state index in [-0.39, 0.29) is 11.9 Å². The molecule has 1 aromatic rings. The molecule has 1 saturated heterocycles. The van der Waals surface area contributed by atoms with Crippen LogP contribution in [0.1, 0.15) is 6.42 Å². The lowest BCUT2D eigenvalue weighted by atomic mass is 10.1. The van der Waals surface area contributed by atoms with Gasteiger partial charge in [-0.1, -0.05) is 0 Å². The van der Waals surface area contributed by atoms with Crippen LogP contribution in [0.25, 0.3) is 0 Å². The molecule has 0 amide bonds. The van der Waals surface area contributed by atoms with E-state index in [1.165, 1.54) is 7.11 Å². The van der Waals surface area contributed by atoms with Crippen molar-refractivity contribution in [2.75, 3.05) is 25.1 Å². The van der Waals surface area contributed by atoms with Gasteiger partial charge in [-0.05, 0) is 29.0 Å². The van der Waals surface area contributed by atoms with Crippen LogP contribution in [0, 0.1) is 9.49 Å². The van der Waals surface area contributed by atoms with Crippen molar-refractivity contribution in [2.45, 2.75) is 6.42 Å². The molecule has 0 N–H and O–H groups in total. The average Bonchev–Trinajstić information content (AvgIpc) is 2.78. The van der Waals surface area contributed by atoms with Crippen LogP contribution in [0.15, 0.2) is 12.4 Å². The Labute approximate surface area is 107 Å². The lowest BCUT2D eigenvalue weighted by Gasteiger charge is -2.15. The topological polar surface area (TPSA) is 55.3 Å². The maximum absolute atomic E-state index is 11.4. The number of esters is 1. The zero-order valence-corrected chi connectivity index (χ0v) is 11.0. The molecule has 2 heterocycles. The Kier molecular flexibility index (Phi) is 3.57. The van der Waals surface area contributed by atoms with Gasteiger partial charge in [0.1, 0.15) is 0 Å². The van der Waals surface area contributed by atoms with Crippen molar-refractivity contribution in [3.8, 4) is 0 Å². The van der Waals surface area contributed by atoms with Crippen LogP contribution < -0.4 is 4.90 Å². The van der Waals surface area contributed by atoms with Crippen LogP contribution >= 0.6 is 22.6 Å². The molecule has 0 radical (unpaired) electrons. The molecule has 0 saturated carbocycles. The highest BCUT2D eigenvalue weighted by molar-refractivity contribution is 14.1. The smallest absolute Gasteiger partial charge is 0.310 e. The van der Waals surface area contributed by atoms with Crippen LogP contribution in [0.2, 0.25) is 0 Å². The highest BCUT2D eigenvalue weighted by atomic mass is 127. The summed E-state index contributed by atoms with van der Waals surface area (Å²) in [5.41, 5.74) is 0. The van der Waals surface area contributed by atoms with Gasteiger partial charge in [0, 0.05) is 29.1 Å². The zero-order chi connectivity index (χ0) is 11.5. The van der Waals surface area contributed by atoms with Gasteiger partial charge in [0.25, 0.3) is 0 Å². The number of methoxy groups -OCH3 is 1. The number of ether oxygens (including phenoxy) is 1. The first kappa shape index (κ1) is 11.6. The van der Waals surface area contributed by atoms with Gasteiger partial charge in [-0.15, -0.1) is 0 Å². The van der Waals surface area contributed by atoms with Gasteiger partial charge in [-0.3, -0.25) is 4.79 Å². The molecular formula is C10H12IN3O2. The number of anilines is 1. The van der Waals surface area contributed by atoms with Crippen LogP contribution in [0.4, 0.5) is 5.95 Å². The summed E-state index contributed by atoms with van der Waals surface area (Å²) in [4.78, 5) is 21.8. The SMILES string of the molecule is COC(=O)C1CCN(c2ncc(I)cn2)C1. The van der Waals surface area contributed by atoms with Crippen molar-refractivity contribution in [3.05, 3.63) is 16.0 Å². The molecule has 0 aliphatic carbocycles. The second-order valence-electron chi connectivity index (χ2n) is 3.66. The molecule has 1 aliphatic heterocycles. The predicted octanol–water partition coefficient (Wildman–Crippen LogP) is 1.08. The van der Waals surface area contributed by atoms with Gasteiger partial charge < -0.3 is 9.64 Å². The molecular weight excluding hydrogens is 321 g/mol. The Morgan fingerprint density at radius 2 is 2.25 bits per heavy atom. The molecule has 1 unspecified atom stereocenters. The maximum Gasteiger partial charge on any atom is 0.310 e. The van der Waals surface area contributed by atoms with E-state index < -0.39 is 0 Å². The fraction of sp³-hybridized carbons (Fsp3) is 0.500. The quantitative estimate of drug-likeness (QED) is 0.599. The number of hydrogen-bond donors (Lipinski definition) is 0. The van der Waals surface area contributed by atoms with E-state index in [0.29, 0.717) is 12.5 Å². The zero-order valence-electron chi connectivity index (χ0n) is 8.89. The summed E-state index contributed by atoms with van der Waals surface area (Å²) in [5, 5.41) is 0. The summed E-state index contributed by atoms with van der Waals surface area (Å²) < 4.78 is 5.73. The maximum atomic E-state index is 11.4. The molecule has 16 heavy (non-hydrogen) atoms. The lowest BCUT2D eigenvalue weighted by molar-refractivity contribution is -0.144. The number of aromatic nitrogens is 2. The molecule has 5 nitrogen and oxygen atoms in total. The molecule has 2 rings (SSSR count). The van der Waals surface area contributed by atoms with Crippen molar-refractivity contribution in [1.82, 2.24) is 9.97 Å². The van der Waals surface area contributed by atoms with Gasteiger partial charge in [0.15, 0.2) is 0 Å². The molecule has 0 bridgehead atoms. The minimum Gasteiger partial charge on any atom is -0.469 e. The predicted molar refractivity (Wildman–Crippen MR) is 67.1 cm³/mol. The fourth-order valence-electron chi connectivity index (χ4n) is 1.77. The average molecular weight is 333 g/mol. The minimum absolute atomic E-state index is 0.0483. The van der Waals surface area contributed by atoms with Gasteiger partial charge in [-0.25, -0.2) is 9.97 Å². The summed E-state index contributed by atoms with van der Waals surface area (Å²) >= 11 is 2.16. The standard InChI is InChI=1S/C10H12IN3O2/c1-16-9(15)7-2-3-14(6-7)10-12-4-8(11)5-13-10/h4-5,7H,2-3,6H2,1H3. The number of hydrogen-bond acceptors (Lipinski definition) is 5. The summed E-state index contributed by atoms with van der Waals surface area (Å²) in [6.07, 6.45) is 4.35. The van der Waals surface area contributed by atoms with E-state index in [9.17, 15) is 4.79 Å². The van der Waals surface area contributed by atoms with Gasteiger partial charge in [0.05, 0.1) is 13.0 Å². The van der Waals surface area contributed by atoms with Crippen molar-refractivity contribution in [3.63, 3.8) is 0 Å². The van der Waals surface area contributed by atoms with Gasteiger partial charge in [0.2, 0.25) is 5.95 Å². The lowest BCUT2D eigenvalue weighted by Crippen LogP contribution is -2.25. The van der Waals surface area contributed by atoms with E-state index in [1.807, 2.05) is 4.90 Å². The van der Waals surface area contributed by atoms with Crippen molar-refractivity contribution >= 4 is 34.5 Å². The van der Waals surface area contributed by atoms with Gasteiger partial charge in [-0.2, -0.15) is 0 Å². The second kappa shape index (κ2) is 4.94. The first-order valence-electron chi connectivity index (χ1n) is 5.01. The number of nitrogens with zero attached hydrogens (tertiary/aromatic N) is 3. The molecule has 6 heteroatoms. The highest BCUT2D eigenvalue weighted by Crippen LogP contribution is 2.21. The van der Waals surface area contributed by atoms with E-state index in [2.05, 4.69) is 32.6 Å². The third-order valence-electron chi connectivity index (χ3n) is 2.61. The Bertz CT molecular complexity index is 382. The van der Waals surface area contributed by atoms with Crippen molar-refractivity contribution < 1.29 is 9.53 Å². The summed E-state index contributed by atoms with van der Waals surface area (Å²) in [5.74, 6) is 0.493. The molecule has 1 aliphatic rings. The number of rotatable bonds is 2. The second-order valence-corrected chi connectivity index (χ2v) is 4.90. The largest absolute Gasteiger partial charge is 0.469 e. The summed E-state index contributed by atoms with van der Waals surface area (Å²) in [7, 11) is 1.42.